The van der Waals surface area contributed by atoms with E-state index in [4.69, 9.17) is 27.9 Å². The van der Waals surface area contributed by atoms with E-state index in [0.717, 1.165) is 27.6 Å². The summed E-state index contributed by atoms with van der Waals surface area (Å²) in [6.07, 6.45) is 1.13. The van der Waals surface area contributed by atoms with Gasteiger partial charge < -0.3 is 15.0 Å². The Balaban J connectivity index is 1.93. The minimum Gasteiger partial charge on any atom is -0.484 e. The largest absolute Gasteiger partial charge is 0.484 e. The molecule has 8 heteroatoms. The van der Waals surface area contributed by atoms with Gasteiger partial charge in [-0.15, -0.1) is 0 Å². The van der Waals surface area contributed by atoms with Gasteiger partial charge in [-0.25, -0.2) is 0 Å². The smallest absolute Gasteiger partial charge is 0.261 e. The molecule has 0 saturated heterocycles. The molecule has 1 N–H and O–H groups in total. The first-order valence-corrected chi connectivity index (χ1v) is 13.7. The van der Waals surface area contributed by atoms with Crippen molar-refractivity contribution in [1.29, 1.82) is 0 Å². The average Bonchev–Trinajstić information content (AvgIpc) is 2.89. The van der Waals surface area contributed by atoms with Crippen LogP contribution in [0, 0.1) is 6.92 Å². The van der Waals surface area contributed by atoms with Gasteiger partial charge in [-0.3, -0.25) is 9.59 Å². The molecule has 3 rings (SSSR count). The number of hydrogen-bond donors (Lipinski definition) is 1. The van der Waals surface area contributed by atoms with E-state index in [9.17, 15) is 9.59 Å². The molecule has 0 bridgehead atoms. The van der Waals surface area contributed by atoms with Crippen molar-refractivity contribution in [3.63, 3.8) is 0 Å². The third-order valence-corrected chi connectivity index (χ3v) is 7.73. The molecule has 0 radical (unpaired) electrons. The van der Waals surface area contributed by atoms with Gasteiger partial charge in [-0.1, -0.05) is 82.5 Å². The Hall–Kier alpha value is -2.54. The Morgan fingerprint density at radius 1 is 1.00 bits per heavy atom. The highest BCUT2D eigenvalue weighted by Crippen LogP contribution is 2.25. The molecule has 196 valence electrons. The first-order chi connectivity index (χ1) is 17.7. The molecule has 0 aliphatic heterocycles. The highest BCUT2D eigenvalue weighted by molar-refractivity contribution is 9.10. The van der Waals surface area contributed by atoms with Gasteiger partial charge in [-0.2, -0.15) is 0 Å². The molecular formula is C29H31BrCl2N2O3. The van der Waals surface area contributed by atoms with E-state index in [2.05, 4.69) is 21.2 Å². The van der Waals surface area contributed by atoms with Crippen LogP contribution in [0.3, 0.4) is 0 Å². The van der Waals surface area contributed by atoms with Crippen LogP contribution in [0.4, 0.5) is 0 Å². The van der Waals surface area contributed by atoms with E-state index in [1.807, 2.05) is 63.2 Å². The van der Waals surface area contributed by atoms with Crippen molar-refractivity contribution in [2.45, 2.75) is 52.2 Å². The second-order valence-corrected chi connectivity index (χ2v) is 10.7. The van der Waals surface area contributed by atoms with Gasteiger partial charge in [0.25, 0.3) is 5.91 Å². The summed E-state index contributed by atoms with van der Waals surface area (Å²) < 4.78 is 6.81. The molecule has 0 aliphatic rings. The molecule has 3 aromatic rings. The molecule has 0 aromatic heterocycles. The number of carbonyl (C=O) groups excluding carboxylic acids is 2. The van der Waals surface area contributed by atoms with Crippen molar-refractivity contribution in [2.75, 3.05) is 6.61 Å². The average molecular weight is 606 g/mol. The lowest BCUT2D eigenvalue weighted by Crippen LogP contribution is -2.53. The number of nitrogens with one attached hydrogen (secondary N) is 1. The number of benzene rings is 3. The first kappa shape index (κ1) is 29.0. The first-order valence-electron chi connectivity index (χ1n) is 12.1. The van der Waals surface area contributed by atoms with Gasteiger partial charge >= 0.3 is 0 Å². The molecule has 0 aliphatic carbocycles. The monoisotopic (exact) mass is 604 g/mol. The number of amides is 2. The molecule has 2 amide bonds. The van der Waals surface area contributed by atoms with Crippen LogP contribution in [0.5, 0.6) is 5.75 Å². The van der Waals surface area contributed by atoms with E-state index in [1.54, 1.807) is 29.2 Å². The maximum atomic E-state index is 13.7. The van der Waals surface area contributed by atoms with Crippen LogP contribution in [0.25, 0.3) is 0 Å². The summed E-state index contributed by atoms with van der Waals surface area (Å²) in [6, 6.07) is 19.6. The predicted octanol–water partition coefficient (Wildman–Crippen LogP) is 7.00. The second kappa shape index (κ2) is 13.8. The van der Waals surface area contributed by atoms with Crippen LogP contribution in [-0.4, -0.2) is 35.4 Å². The lowest BCUT2D eigenvalue weighted by molar-refractivity contribution is -0.143. The fraction of sp³-hybridized carbons (Fsp3) is 0.310. The summed E-state index contributed by atoms with van der Waals surface area (Å²) in [5.41, 5.74) is 2.70. The van der Waals surface area contributed by atoms with Gasteiger partial charge in [-0.05, 0) is 67.3 Å². The van der Waals surface area contributed by atoms with Crippen LogP contribution < -0.4 is 10.1 Å². The third-order valence-electron chi connectivity index (χ3n) is 6.10. The summed E-state index contributed by atoms with van der Waals surface area (Å²) in [7, 11) is 0. The molecule has 0 heterocycles. The lowest BCUT2D eigenvalue weighted by atomic mass is 10.0. The zero-order valence-corrected chi connectivity index (χ0v) is 24.2. The molecule has 2 atom stereocenters. The zero-order chi connectivity index (χ0) is 26.9. The Kier molecular flexibility index (Phi) is 10.9. The highest BCUT2D eigenvalue weighted by atomic mass is 79.9. The van der Waals surface area contributed by atoms with Crippen LogP contribution >= 0.6 is 39.1 Å². The van der Waals surface area contributed by atoms with E-state index in [1.165, 1.54) is 0 Å². The molecule has 0 fully saturated rings. The summed E-state index contributed by atoms with van der Waals surface area (Å²) in [5, 5.41) is 3.86. The lowest BCUT2D eigenvalue weighted by Gasteiger charge is -2.32. The van der Waals surface area contributed by atoms with Crippen molar-refractivity contribution in [3.8, 4) is 5.75 Å². The summed E-state index contributed by atoms with van der Waals surface area (Å²) in [5.74, 6) is 0.0465. The van der Waals surface area contributed by atoms with E-state index in [-0.39, 0.29) is 31.0 Å². The minimum atomic E-state index is -0.756. The number of aryl methyl sites for hydroxylation is 1. The van der Waals surface area contributed by atoms with Crippen molar-refractivity contribution >= 4 is 50.9 Å². The highest BCUT2D eigenvalue weighted by Gasteiger charge is 2.31. The van der Waals surface area contributed by atoms with E-state index < -0.39 is 6.04 Å². The van der Waals surface area contributed by atoms with Crippen molar-refractivity contribution in [2.24, 2.45) is 0 Å². The van der Waals surface area contributed by atoms with E-state index in [0.29, 0.717) is 22.2 Å². The fourth-order valence-corrected chi connectivity index (χ4v) is 4.33. The number of ether oxygens (including phenoxy) is 1. The minimum absolute atomic E-state index is 0.0327. The maximum absolute atomic E-state index is 13.7. The van der Waals surface area contributed by atoms with Gasteiger partial charge in [0.05, 0.1) is 10.0 Å². The Labute approximate surface area is 237 Å². The van der Waals surface area contributed by atoms with Crippen molar-refractivity contribution in [1.82, 2.24) is 10.2 Å². The quantitative estimate of drug-likeness (QED) is 0.256. The number of nitrogens with zero attached hydrogens (tertiary/aromatic N) is 1. The number of halogens is 3. The van der Waals surface area contributed by atoms with Crippen LogP contribution in [0.15, 0.2) is 71.2 Å². The maximum Gasteiger partial charge on any atom is 0.261 e. The normalized spacial score (nSPS) is 12.5. The van der Waals surface area contributed by atoms with Gasteiger partial charge in [0.2, 0.25) is 5.91 Å². The number of hydrogen-bond acceptors (Lipinski definition) is 3. The molecule has 0 saturated carbocycles. The summed E-state index contributed by atoms with van der Waals surface area (Å²) in [6.45, 7) is 5.85. The Morgan fingerprint density at radius 2 is 1.73 bits per heavy atom. The SMILES string of the molecule is CC[C@@H](C)NC(=O)[C@@H](Cc1ccccc1)N(Cc1ccc(Cl)c(Cl)c1)C(=O)COc1ccc(Br)c(C)c1. The fourth-order valence-electron chi connectivity index (χ4n) is 3.76. The number of rotatable bonds is 11. The molecule has 3 aromatic carbocycles. The zero-order valence-electron chi connectivity index (χ0n) is 21.1. The third kappa shape index (κ3) is 8.49. The van der Waals surface area contributed by atoms with Gasteiger partial charge in [0, 0.05) is 23.5 Å². The molecule has 0 spiro atoms. The van der Waals surface area contributed by atoms with Crippen LogP contribution in [-0.2, 0) is 22.6 Å². The second-order valence-electron chi connectivity index (χ2n) is 8.99. The Bertz CT molecular complexity index is 1220. The number of carbonyl (C=O) groups is 2. The van der Waals surface area contributed by atoms with Crippen LogP contribution in [0.2, 0.25) is 10.0 Å². The van der Waals surface area contributed by atoms with Gasteiger partial charge in [0.1, 0.15) is 11.8 Å². The summed E-state index contributed by atoms with van der Waals surface area (Å²) in [4.78, 5) is 28.8. The molecule has 5 nitrogen and oxygen atoms in total. The van der Waals surface area contributed by atoms with Crippen molar-refractivity contribution in [3.05, 3.63) is 97.9 Å². The standard InChI is InChI=1S/C29H31BrCl2N2O3/c1-4-20(3)33-29(36)27(16-21-8-6-5-7-9-21)34(17-22-10-13-25(31)26(32)15-22)28(35)18-37-23-11-12-24(30)19(2)14-23/h5-15,20,27H,4,16-18H2,1-3H3,(H,33,36)/t20-,27-/m1/s1. The predicted molar refractivity (Wildman–Crippen MR) is 153 cm³/mol. The molecule has 0 unspecified atom stereocenters. The van der Waals surface area contributed by atoms with Crippen LogP contribution in [0.1, 0.15) is 37.0 Å². The van der Waals surface area contributed by atoms with Crippen molar-refractivity contribution < 1.29 is 14.3 Å². The van der Waals surface area contributed by atoms with E-state index >= 15 is 0 Å². The summed E-state index contributed by atoms with van der Waals surface area (Å²) >= 11 is 15.9. The molecule has 37 heavy (non-hydrogen) atoms. The topological polar surface area (TPSA) is 58.6 Å². The van der Waals surface area contributed by atoms with Gasteiger partial charge in [0.15, 0.2) is 6.61 Å². The molecular weight excluding hydrogens is 575 g/mol. The Morgan fingerprint density at radius 3 is 2.38 bits per heavy atom.